The number of rotatable bonds is 3. The molecule has 3 aromatic rings. The average Bonchev–Trinajstić information content (AvgIpc) is 3.47. The van der Waals surface area contributed by atoms with Gasteiger partial charge < -0.3 is 14.2 Å². The lowest BCUT2D eigenvalue weighted by atomic mass is 9.95. The first-order valence-corrected chi connectivity index (χ1v) is 10.6. The summed E-state index contributed by atoms with van der Waals surface area (Å²) in [5.74, 6) is 0.453. The number of thiophene rings is 1. The molecule has 1 amide bonds. The first-order chi connectivity index (χ1) is 13.3. The number of carbonyl (C=O) groups excluding carboxylic acids is 1. The Bertz CT molecular complexity index is 895. The van der Waals surface area contributed by atoms with Gasteiger partial charge in [0.25, 0.3) is 6.01 Å². The van der Waals surface area contributed by atoms with Crippen molar-refractivity contribution in [3.8, 4) is 0 Å². The molecule has 2 fully saturated rings. The zero-order valence-electron chi connectivity index (χ0n) is 15.2. The normalized spacial score (nSPS) is 21.3. The second-order valence-electron chi connectivity index (χ2n) is 7.43. The minimum absolute atomic E-state index is 0.117. The van der Waals surface area contributed by atoms with E-state index >= 15 is 0 Å². The Hall–Kier alpha value is -2.34. The van der Waals surface area contributed by atoms with Crippen LogP contribution < -0.4 is 4.90 Å². The number of oxazole rings is 1. The van der Waals surface area contributed by atoms with Gasteiger partial charge in [-0.2, -0.15) is 4.98 Å². The topological polar surface area (TPSA) is 49.6 Å². The van der Waals surface area contributed by atoms with Crippen LogP contribution in [0.25, 0.3) is 11.1 Å². The van der Waals surface area contributed by atoms with Crippen LogP contribution >= 0.6 is 11.3 Å². The summed E-state index contributed by atoms with van der Waals surface area (Å²) in [6, 6.07) is 13.1. The number of piperidine rings is 1. The van der Waals surface area contributed by atoms with Crippen LogP contribution in [0.2, 0.25) is 0 Å². The summed E-state index contributed by atoms with van der Waals surface area (Å²) in [5, 5.41) is 2.11. The monoisotopic (exact) mass is 381 g/mol. The summed E-state index contributed by atoms with van der Waals surface area (Å²) in [6.07, 6.45) is 3.93. The first kappa shape index (κ1) is 16.8. The van der Waals surface area contributed by atoms with E-state index in [1.807, 2.05) is 24.3 Å². The van der Waals surface area contributed by atoms with Crippen molar-refractivity contribution in [1.82, 2.24) is 9.88 Å². The Labute approximate surface area is 162 Å². The van der Waals surface area contributed by atoms with Crippen LogP contribution in [0.15, 0.2) is 46.2 Å². The zero-order chi connectivity index (χ0) is 18.2. The fourth-order valence-electron chi connectivity index (χ4n) is 4.35. The van der Waals surface area contributed by atoms with Crippen LogP contribution in [-0.4, -0.2) is 35.4 Å². The van der Waals surface area contributed by atoms with E-state index in [-0.39, 0.29) is 12.0 Å². The molecule has 2 aliphatic rings. The van der Waals surface area contributed by atoms with E-state index in [0.717, 1.165) is 56.4 Å². The van der Waals surface area contributed by atoms with E-state index in [9.17, 15) is 4.79 Å². The molecule has 0 spiro atoms. The maximum atomic E-state index is 13.2. The van der Waals surface area contributed by atoms with Crippen molar-refractivity contribution in [2.45, 2.75) is 31.7 Å². The van der Waals surface area contributed by atoms with Crippen LogP contribution in [0.1, 0.15) is 36.6 Å². The predicted molar refractivity (Wildman–Crippen MR) is 107 cm³/mol. The quantitative estimate of drug-likeness (QED) is 0.672. The highest BCUT2D eigenvalue weighted by Gasteiger charge is 2.36. The molecular formula is C21H23N3O2S. The maximum Gasteiger partial charge on any atom is 0.298 e. The highest BCUT2D eigenvalue weighted by Crippen LogP contribution is 2.37. The van der Waals surface area contributed by atoms with Crippen LogP contribution in [-0.2, 0) is 4.79 Å². The zero-order valence-corrected chi connectivity index (χ0v) is 16.0. The van der Waals surface area contributed by atoms with E-state index < -0.39 is 0 Å². The molecule has 5 rings (SSSR count). The lowest BCUT2D eigenvalue weighted by Gasteiger charge is -2.34. The van der Waals surface area contributed by atoms with Gasteiger partial charge in [0, 0.05) is 30.4 Å². The summed E-state index contributed by atoms with van der Waals surface area (Å²) >= 11 is 1.76. The molecule has 1 atom stereocenters. The fourth-order valence-corrected chi connectivity index (χ4v) is 5.23. The number of aromatic nitrogens is 1. The Morgan fingerprint density at radius 3 is 2.70 bits per heavy atom. The van der Waals surface area contributed by atoms with Crippen molar-refractivity contribution in [1.29, 1.82) is 0 Å². The Balaban J connectivity index is 1.25. The van der Waals surface area contributed by atoms with Gasteiger partial charge in [0.15, 0.2) is 5.58 Å². The van der Waals surface area contributed by atoms with Crippen molar-refractivity contribution in [2.75, 3.05) is 24.5 Å². The molecule has 27 heavy (non-hydrogen) atoms. The molecule has 0 radical (unpaired) electrons. The summed E-state index contributed by atoms with van der Waals surface area (Å²) in [5.41, 5.74) is 1.71. The molecule has 6 heteroatoms. The van der Waals surface area contributed by atoms with Gasteiger partial charge >= 0.3 is 0 Å². The summed E-state index contributed by atoms with van der Waals surface area (Å²) in [6.45, 7) is 2.54. The molecule has 1 unspecified atom stereocenters. The molecule has 0 aliphatic carbocycles. The number of likely N-dealkylation sites (tertiary alicyclic amines) is 1. The Morgan fingerprint density at radius 2 is 1.93 bits per heavy atom. The lowest BCUT2D eigenvalue weighted by Crippen LogP contribution is -2.42. The van der Waals surface area contributed by atoms with Gasteiger partial charge in [-0.3, -0.25) is 4.79 Å². The number of fused-ring (bicyclic) bond motifs is 1. The minimum atomic E-state index is 0.117. The van der Waals surface area contributed by atoms with Gasteiger partial charge in [-0.05, 0) is 49.3 Å². The molecule has 2 saturated heterocycles. The Kier molecular flexibility index (Phi) is 4.36. The number of amides is 1. The summed E-state index contributed by atoms with van der Waals surface area (Å²) in [7, 11) is 0. The fraction of sp³-hybridized carbons (Fsp3) is 0.429. The molecule has 1 aromatic carbocycles. The maximum absolute atomic E-state index is 13.2. The molecular weight excluding hydrogens is 358 g/mol. The number of carbonyl (C=O) groups is 1. The third kappa shape index (κ3) is 3.12. The molecule has 0 saturated carbocycles. The van der Waals surface area contributed by atoms with Crippen molar-refractivity contribution >= 4 is 34.4 Å². The van der Waals surface area contributed by atoms with Crippen molar-refractivity contribution in [3.63, 3.8) is 0 Å². The number of hydrogen-bond acceptors (Lipinski definition) is 5. The first-order valence-electron chi connectivity index (χ1n) is 9.74. The molecule has 4 heterocycles. The number of hydrogen-bond donors (Lipinski definition) is 0. The molecule has 2 aliphatic heterocycles. The lowest BCUT2D eigenvalue weighted by molar-refractivity contribution is -0.137. The van der Waals surface area contributed by atoms with Gasteiger partial charge in [-0.1, -0.05) is 18.2 Å². The van der Waals surface area contributed by atoms with Gasteiger partial charge in [0.1, 0.15) is 5.52 Å². The largest absolute Gasteiger partial charge is 0.423 e. The number of nitrogens with zero attached hydrogens (tertiary/aromatic N) is 3. The number of benzene rings is 1. The predicted octanol–water partition coefficient (Wildman–Crippen LogP) is 4.47. The van der Waals surface area contributed by atoms with Crippen molar-refractivity contribution in [3.05, 3.63) is 46.7 Å². The van der Waals surface area contributed by atoms with Gasteiger partial charge in [-0.25, -0.2) is 0 Å². The van der Waals surface area contributed by atoms with Crippen molar-refractivity contribution in [2.24, 2.45) is 5.92 Å². The Morgan fingerprint density at radius 1 is 1.07 bits per heavy atom. The molecule has 140 valence electrons. The highest BCUT2D eigenvalue weighted by atomic mass is 32.1. The average molecular weight is 382 g/mol. The van der Waals surface area contributed by atoms with Crippen LogP contribution in [0.3, 0.4) is 0 Å². The third-order valence-electron chi connectivity index (χ3n) is 5.80. The second kappa shape index (κ2) is 7.00. The van der Waals surface area contributed by atoms with Crippen molar-refractivity contribution < 1.29 is 9.21 Å². The van der Waals surface area contributed by atoms with E-state index in [4.69, 9.17) is 4.42 Å². The van der Waals surface area contributed by atoms with E-state index in [2.05, 4.69) is 32.3 Å². The third-order valence-corrected chi connectivity index (χ3v) is 6.78. The molecule has 5 nitrogen and oxygen atoms in total. The van der Waals surface area contributed by atoms with Crippen LogP contribution in [0, 0.1) is 5.92 Å². The van der Waals surface area contributed by atoms with E-state index in [1.165, 1.54) is 4.88 Å². The molecule has 0 bridgehead atoms. The standard InChI is InChI=1S/C21H23N3O2S/c25-20(24-11-3-6-17(24)19-8-4-14-27-19)15-9-12-23(13-10-15)21-22-16-5-1-2-7-18(16)26-21/h1-2,4-5,7-8,14-15,17H,3,6,9-13H2. The summed E-state index contributed by atoms with van der Waals surface area (Å²) in [4.78, 5) is 23.4. The van der Waals surface area contributed by atoms with Crippen LogP contribution in [0.4, 0.5) is 6.01 Å². The van der Waals surface area contributed by atoms with E-state index in [1.54, 1.807) is 11.3 Å². The SMILES string of the molecule is O=C(C1CCN(c2nc3ccccc3o2)CC1)N1CCCC1c1cccs1. The summed E-state index contributed by atoms with van der Waals surface area (Å²) < 4.78 is 5.89. The minimum Gasteiger partial charge on any atom is -0.423 e. The number of anilines is 1. The smallest absolute Gasteiger partial charge is 0.298 e. The molecule has 0 N–H and O–H groups in total. The van der Waals surface area contributed by atoms with Gasteiger partial charge in [0.2, 0.25) is 5.91 Å². The second-order valence-corrected chi connectivity index (χ2v) is 8.41. The number of para-hydroxylation sites is 2. The highest BCUT2D eigenvalue weighted by molar-refractivity contribution is 7.10. The van der Waals surface area contributed by atoms with E-state index in [0.29, 0.717) is 11.9 Å². The van der Waals surface area contributed by atoms with Gasteiger partial charge in [-0.15, -0.1) is 11.3 Å². The van der Waals surface area contributed by atoms with Gasteiger partial charge in [0.05, 0.1) is 6.04 Å². The van der Waals surface area contributed by atoms with Crippen LogP contribution in [0.5, 0.6) is 0 Å². The molecule has 2 aromatic heterocycles.